The van der Waals surface area contributed by atoms with Crippen molar-refractivity contribution in [2.24, 2.45) is 5.41 Å². The third-order valence-electron chi connectivity index (χ3n) is 5.16. The van der Waals surface area contributed by atoms with Crippen molar-refractivity contribution in [2.75, 3.05) is 32.7 Å². The monoisotopic (exact) mass is 252 g/mol. The maximum Gasteiger partial charge on any atom is -0.00134 e. The summed E-state index contributed by atoms with van der Waals surface area (Å²) in [5.41, 5.74) is 0.793. The normalized spacial score (nSPS) is 23.8. The number of rotatable bonds is 7. The van der Waals surface area contributed by atoms with Gasteiger partial charge in [0.15, 0.2) is 0 Å². The lowest BCUT2D eigenvalue weighted by molar-refractivity contribution is 0.107. The first-order valence-electron chi connectivity index (χ1n) is 8.28. The number of unbranched alkanes of at least 4 members (excludes halogenated alkanes) is 2. The lowest BCUT2D eigenvalue weighted by atomic mass is 9.77. The zero-order chi connectivity index (χ0) is 12.7. The second-order valence-corrected chi connectivity index (χ2v) is 6.46. The molecule has 18 heavy (non-hydrogen) atoms. The lowest BCUT2D eigenvalue weighted by Crippen LogP contribution is -2.39. The largest absolute Gasteiger partial charge is 0.317 e. The van der Waals surface area contributed by atoms with E-state index in [9.17, 15) is 0 Å². The van der Waals surface area contributed by atoms with Gasteiger partial charge in [0.05, 0.1) is 0 Å². The quantitative estimate of drug-likeness (QED) is 0.698. The Morgan fingerprint density at radius 1 is 0.944 bits per heavy atom. The number of nitrogens with zero attached hydrogens (tertiary/aromatic N) is 1. The van der Waals surface area contributed by atoms with E-state index < -0.39 is 0 Å². The van der Waals surface area contributed by atoms with Crippen LogP contribution in [0.4, 0.5) is 0 Å². The van der Waals surface area contributed by atoms with Crippen LogP contribution in [-0.4, -0.2) is 37.6 Å². The van der Waals surface area contributed by atoms with Crippen LogP contribution in [-0.2, 0) is 0 Å². The Morgan fingerprint density at radius 2 is 1.67 bits per heavy atom. The van der Waals surface area contributed by atoms with E-state index in [2.05, 4.69) is 17.1 Å². The molecule has 1 N–H and O–H groups in total. The average Bonchev–Trinajstić information content (AvgIpc) is 2.85. The summed E-state index contributed by atoms with van der Waals surface area (Å²) in [6.07, 6.45) is 13.2. The highest BCUT2D eigenvalue weighted by atomic mass is 15.1. The van der Waals surface area contributed by atoms with Gasteiger partial charge in [-0.05, 0) is 76.7 Å². The van der Waals surface area contributed by atoms with E-state index in [1.165, 1.54) is 84.0 Å². The van der Waals surface area contributed by atoms with Gasteiger partial charge in [0.25, 0.3) is 0 Å². The van der Waals surface area contributed by atoms with Gasteiger partial charge in [-0.2, -0.15) is 0 Å². The molecule has 106 valence electrons. The summed E-state index contributed by atoms with van der Waals surface area (Å²) < 4.78 is 0. The van der Waals surface area contributed by atoms with Gasteiger partial charge in [-0.25, -0.2) is 0 Å². The fourth-order valence-electron chi connectivity index (χ4n) is 3.81. The van der Waals surface area contributed by atoms with Crippen molar-refractivity contribution in [1.82, 2.24) is 10.2 Å². The minimum Gasteiger partial charge on any atom is -0.317 e. The SMILES string of the molecule is CCNCCCCCN1CCC2(CCCC2)CC1. The molecule has 2 nitrogen and oxygen atoms in total. The van der Waals surface area contributed by atoms with Crippen molar-refractivity contribution in [1.29, 1.82) is 0 Å². The van der Waals surface area contributed by atoms with E-state index in [1.54, 1.807) is 0 Å². The van der Waals surface area contributed by atoms with Crippen LogP contribution in [0.15, 0.2) is 0 Å². The molecule has 0 aromatic rings. The van der Waals surface area contributed by atoms with E-state index in [0.717, 1.165) is 12.0 Å². The Morgan fingerprint density at radius 3 is 2.33 bits per heavy atom. The minimum absolute atomic E-state index is 0.793. The fourth-order valence-corrected chi connectivity index (χ4v) is 3.81. The predicted molar refractivity (Wildman–Crippen MR) is 79.0 cm³/mol. The number of likely N-dealkylation sites (tertiary alicyclic amines) is 1. The van der Waals surface area contributed by atoms with Crippen LogP contribution in [0.25, 0.3) is 0 Å². The summed E-state index contributed by atoms with van der Waals surface area (Å²) in [7, 11) is 0. The summed E-state index contributed by atoms with van der Waals surface area (Å²) in [6.45, 7) is 8.63. The first kappa shape index (κ1) is 14.3. The standard InChI is InChI=1S/C16H32N2/c1-2-17-12-6-3-7-13-18-14-10-16(11-15-18)8-4-5-9-16/h17H,2-15H2,1H3. The number of hydrogen-bond donors (Lipinski definition) is 1. The molecule has 2 fully saturated rings. The molecular weight excluding hydrogens is 220 g/mol. The van der Waals surface area contributed by atoms with Crippen LogP contribution in [0.3, 0.4) is 0 Å². The first-order valence-corrected chi connectivity index (χ1v) is 8.28. The predicted octanol–water partition coefficient (Wildman–Crippen LogP) is 3.42. The summed E-state index contributed by atoms with van der Waals surface area (Å²) in [6, 6.07) is 0. The molecule has 0 atom stereocenters. The molecule has 2 heteroatoms. The van der Waals surface area contributed by atoms with Gasteiger partial charge in [0, 0.05) is 0 Å². The van der Waals surface area contributed by atoms with Crippen LogP contribution in [0.1, 0.15) is 64.7 Å². The number of piperidine rings is 1. The molecule has 2 aliphatic rings. The number of hydrogen-bond acceptors (Lipinski definition) is 2. The Kier molecular flexibility index (Phi) is 5.97. The molecule has 0 aromatic carbocycles. The molecule has 0 radical (unpaired) electrons. The van der Waals surface area contributed by atoms with Gasteiger partial charge in [-0.15, -0.1) is 0 Å². The molecular formula is C16H32N2. The first-order chi connectivity index (χ1) is 8.85. The van der Waals surface area contributed by atoms with E-state index in [1.807, 2.05) is 0 Å². The molecule has 1 aliphatic carbocycles. The van der Waals surface area contributed by atoms with E-state index in [0.29, 0.717) is 0 Å². The molecule has 0 bridgehead atoms. The van der Waals surface area contributed by atoms with Crippen molar-refractivity contribution < 1.29 is 0 Å². The van der Waals surface area contributed by atoms with Crippen molar-refractivity contribution in [3.05, 3.63) is 0 Å². The maximum atomic E-state index is 3.41. The Labute approximate surface area is 114 Å². The molecule has 2 rings (SSSR count). The van der Waals surface area contributed by atoms with Crippen LogP contribution in [0.2, 0.25) is 0 Å². The van der Waals surface area contributed by atoms with Gasteiger partial charge < -0.3 is 10.2 Å². The van der Waals surface area contributed by atoms with Gasteiger partial charge in [0.2, 0.25) is 0 Å². The topological polar surface area (TPSA) is 15.3 Å². The van der Waals surface area contributed by atoms with Crippen molar-refractivity contribution in [3.8, 4) is 0 Å². The van der Waals surface area contributed by atoms with Crippen LogP contribution < -0.4 is 5.32 Å². The zero-order valence-corrected chi connectivity index (χ0v) is 12.3. The molecule has 0 unspecified atom stereocenters. The van der Waals surface area contributed by atoms with Crippen LogP contribution >= 0.6 is 0 Å². The summed E-state index contributed by atoms with van der Waals surface area (Å²) in [5.74, 6) is 0. The van der Waals surface area contributed by atoms with Crippen LogP contribution in [0, 0.1) is 5.41 Å². The lowest BCUT2D eigenvalue weighted by Gasteiger charge is -2.39. The highest BCUT2D eigenvalue weighted by Gasteiger charge is 2.36. The summed E-state index contributed by atoms with van der Waals surface area (Å²) >= 11 is 0. The van der Waals surface area contributed by atoms with Gasteiger partial charge in [0.1, 0.15) is 0 Å². The Bertz CT molecular complexity index is 211. The van der Waals surface area contributed by atoms with E-state index in [-0.39, 0.29) is 0 Å². The second-order valence-electron chi connectivity index (χ2n) is 6.46. The van der Waals surface area contributed by atoms with Crippen molar-refractivity contribution in [2.45, 2.75) is 64.7 Å². The third kappa shape index (κ3) is 4.24. The second kappa shape index (κ2) is 7.49. The van der Waals surface area contributed by atoms with E-state index in [4.69, 9.17) is 0 Å². The van der Waals surface area contributed by atoms with Gasteiger partial charge in [-0.1, -0.05) is 26.2 Å². The molecule has 1 saturated heterocycles. The number of nitrogens with one attached hydrogen (secondary N) is 1. The maximum absolute atomic E-state index is 3.41. The summed E-state index contributed by atoms with van der Waals surface area (Å²) in [5, 5.41) is 3.41. The van der Waals surface area contributed by atoms with Crippen molar-refractivity contribution >= 4 is 0 Å². The fraction of sp³-hybridized carbons (Fsp3) is 1.00. The summed E-state index contributed by atoms with van der Waals surface area (Å²) in [4.78, 5) is 2.72. The van der Waals surface area contributed by atoms with Gasteiger partial charge >= 0.3 is 0 Å². The third-order valence-corrected chi connectivity index (χ3v) is 5.16. The smallest absolute Gasteiger partial charge is 0.00134 e. The average molecular weight is 252 g/mol. The Hall–Kier alpha value is -0.0800. The van der Waals surface area contributed by atoms with Gasteiger partial charge in [-0.3, -0.25) is 0 Å². The molecule has 1 spiro atoms. The molecule has 1 saturated carbocycles. The Balaban J connectivity index is 1.51. The molecule has 0 aromatic heterocycles. The highest BCUT2D eigenvalue weighted by Crippen LogP contribution is 2.46. The zero-order valence-electron chi connectivity index (χ0n) is 12.3. The minimum atomic E-state index is 0.793. The van der Waals surface area contributed by atoms with Crippen LogP contribution in [0.5, 0.6) is 0 Å². The molecule has 0 amide bonds. The molecule has 1 aliphatic heterocycles. The molecule has 1 heterocycles. The highest BCUT2D eigenvalue weighted by molar-refractivity contribution is 4.89. The van der Waals surface area contributed by atoms with Crippen molar-refractivity contribution in [3.63, 3.8) is 0 Å². The van der Waals surface area contributed by atoms with E-state index >= 15 is 0 Å².